The van der Waals surface area contributed by atoms with E-state index in [1.54, 1.807) is 7.11 Å². The van der Waals surface area contributed by atoms with E-state index in [1.807, 2.05) is 24.6 Å². The number of carbonyl (C=O) groups excluding carboxylic acids is 2. The summed E-state index contributed by atoms with van der Waals surface area (Å²) in [5, 5.41) is 21.4. The van der Waals surface area contributed by atoms with Crippen LogP contribution in [0.3, 0.4) is 0 Å². The number of aromatic hydroxyl groups is 1. The van der Waals surface area contributed by atoms with Crippen LogP contribution in [0.4, 0.5) is 0 Å². The second kappa shape index (κ2) is 8.84. The van der Waals surface area contributed by atoms with Gasteiger partial charge in [0, 0.05) is 16.7 Å². The molecule has 0 aliphatic heterocycles. The van der Waals surface area contributed by atoms with E-state index in [9.17, 15) is 19.8 Å². The van der Waals surface area contributed by atoms with Crippen molar-refractivity contribution in [2.75, 3.05) is 7.11 Å². The molecule has 27 heavy (non-hydrogen) atoms. The van der Waals surface area contributed by atoms with Gasteiger partial charge in [-0.3, -0.25) is 9.59 Å². The van der Waals surface area contributed by atoms with Gasteiger partial charge in [0.15, 0.2) is 11.6 Å². The Morgan fingerprint density at radius 3 is 2.19 bits per heavy atom. The van der Waals surface area contributed by atoms with Crippen molar-refractivity contribution in [3.8, 4) is 11.5 Å². The van der Waals surface area contributed by atoms with E-state index in [0.29, 0.717) is 0 Å². The van der Waals surface area contributed by atoms with E-state index >= 15 is 0 Å². The summed E-state index contributed by atoms with van der Waals surface area (Å²) in [5.74, 6) is -0.840. The van der Waals surface area contributed by atoms with Gasteiger partial charge in [0.1, 0.15) is 11.5 Å². The Balaban J connectivity index is 0.000000247. The molecule has 0 bridgehead atoms. The number of benzene rings is 2. The topological polar surface area (TPSA) is 86.7 Å². The average molecular weight is 547 g/mol. The van der Waals surface area contributed by atoms with Crippen molar-refractivity contribution in [3.05, 3.63) is 94.8 Å². The van der Waals surface area contributed by atoms with Crippen molar-refractivity contribution < 1.29 is 52.2 Å². The number of hydrogen-bond donors (Lipinski definition) is 1. The van der Waals surface area contributed by atoms with Crippen molar-refractivity contribution in [1.82, 2.24) is 0 Å². The molecule has 130 valence electrons. The summed E-state index contributed by atoms with van der Waals surface area (Å²) in [4.78, 5) is 24.3. The number of hydrogen-bond acceptors (Lipinski definition) is 5. The van der Waals surface area contributed by atoms with Gasteiger partial charge in [-0.05, 0) is 24.3 Å². The van der Waals surface area contributed by atoms with Gasteiger partial charge < -0.3 is 14.9 Å². The fourth-order valence-corrected chi connectivity index (χ4v) is 2.70. The predicted octanol–water partition coefficient (Wildman–Crippen LogP) is 2.68. The third-order valence-corrected chi connectivity index (χ3v) is 3.94. The molecule has 0 heterocycles. The molecule has 2 radical (unpaired) electrons. The third-order valence-electron chi connectivity index (χ3n) is 3.94. The van der Waals surface area contributed by atoms with Crippen LogP contribution in [0.15, 0.2) is 66.1 Å². The number of allylic oxidation sites excluding steroid dienone is 2. The van der Waals surface area contributed by atoms with Crippen molar-refractivity contribution in [2.45, 2.75) is 0 Å². The SMILES string of the molecule is COC1=CC=C=C[CH]1.O=C1c2cccc(O)c2C(=O)c2cccc([O-])c21.[Hg+]. The first-order valence-corrected chi connectivity index (χ1v) is 7.76. The number of carbonyl (C=O) groups is 2. The first-order chi connectivity index (χ1) is 12.5. The summed E-state index contributed by atoms with van der Waals surface area (Å²) in [6.45, 7) is 0. The summed E-state index contributed by atoms with van der Waals surface area (Å²) in [6.07, 6.45) is 7.36. The third kappa shape index (κ3) is 4.05. The van der Waals surface area contributed by atoms with Crippen LogP contribution in [0.2, 0.25) is 0 Å². The molecule has 0 saturated heterocycles. The first-order valence-electron chi connectivity index (χ1n) is 7.76. The molecule has 0 fully saturated rings. The van der Waals surface area contributed by atoms with Crippen molar-refractivity contribution in [2.24, 2.45) is 0 Å². The van der Waals surface area contributed by atoms with Crippen LogP contribution < -0.4 is 5.11 Å². The number of phenols is 1. The molecule has 0 saturated carbocycles. The van der Waals surface area contributed by atoms with Gasteiger partial charge in [0.2, 0.25) is 0 Å². The van der Waals surface area contributed by atoms with E-state index in [0.717, 1.165) is 5.76 Å². The first kappa shape index (κ1) is 20.7. The zero-order chi connectivity index (χ0) is 18.7. The molecule has 2 aromatic carbocycles. The van der Waals surface area contributed by atoms with Crippen molar-refractivity contribution >= 4 is 11.6 Å². The molecule has 0 atom stereocenters. The Labute approximate surface area is 176 Å². The van der Waals surface area contributed by atoms with E-state index in [1.165, 1.54) is 36.4 Å². The zero-order valence-electron chi connectivity index (χ0n) is 14.6. The fraction of sp³-hybridized carbons (Fsp3) is 0.0476. The van der Waals surface area contributed by atoms with Crippen LogP contribution in [0, 0.1) is 6.42 Å². The van der Waals surface area contributed by atoms with Gasteiger partial charge in [-0.15, -0.1) is 5.73 Å². The van der Waals surface area contributed by atoms with Crippen molar-refractivity contribution in [3.63, 3.8) is 0 Å². The molecule has 2 aromatic rings. The maximum atomic E-state index is 12.2. The van der Waals surface area contributed by atoms with Crippen LogP contribution in [0.1, 0.15) is 31.8 Å². The average Bonchev–Trinajstić information content (AvgIpc) is 2.67. The molecule has 2 aliphatic carbocycles. The number of phenolic OH excluding ortho intramolecular Hbond substituents is 1. The van der Waals surface area contributed by atoms with Gasteiger partial charge >= 0.3 is 27.7 Å². The number of ketones is 2. The van der Waals surface area contributed by atoms with Crippen LogP contribution in [-0.4, -0.2) is 23.8 Å². The molecule has 0 aromatic heterocycles. The second-order valence-electron chi connectivity index (χ2n) is 5.48. The number of ether oxygens (including phenoxy) is 1. The smallest absolute Gasteiger partial charge is 0.872 e. The van der Waals surface area contributed by atoms with Gasteiger partial charge in [0.05, 0.1) is 19.1 Å². The second-order valence-corrected chi connectivity index (χ2v) is 5.48. The van der Waals surface area contributed by atoms with Crippen LogP contribution >= 0.6 is 0 Å². The predicted molar refractivity (Wildman–Crippen MR) is 92.9 cm³/mol. The quantitative estimate of drug-likeness (QED) is 0.375. The molecule has 6 heteroatoms. The summed E-state index contributed by atoms with van der Waals surface area (Å²) in [5.41, 5.74) is 2.89. The number of fused-ring (bicyclic) bond motifs is 2. The number of methoxy groups -OCH3 is 1. The zero-order valence-corrected chi connectivity index (χ0v) is 20.1. The van der Waals surface area contributed by atoms with E-state index < -0.39 is 17.3 Å². The van der Waals surface area contributed by atoms with E-state index in [-0.39, 0.29) is 55.7 Å². The summed E-state index contributed by atoms with van der Waals surface area (Å²) < 4.78 is 4.89. The van der Waals surface area contributed by atoms with Gasteiger partial charge in [-0.25, -0.2) is 0 Å². The Morgan fingerprint density at radius 1 is 0.963 bits per heavy atom. The van der Waals surface area contributed by atoms with Crippen LogP contribution in [0.25, 0.3) is 0 Å². The molecule has 2 aliphatic rings. The molecule has 5 nitrogen and oxygen atoms in total. The minimum Gasteiger partial charge on any atom is -0.872 e. The molecule has 4 rings (SSSR count). The monoisotopic (exact) mass is 548 g/mol. The Morgan fingerprint density at radius 2 is 1.59 bits per heavy atom. The molecule has 1 N–H and O–H groups in total. The largest absolute Gasteiger partial charge is 1.00 e. The molecule has 0 amide bonds. The minimum atomic E-state index is -0.513. The maximum Gasteiger partial charge on any atom is 1.00 e. The Kier molecular flexibility index (Phi) is 6.78. The molecule has 0 unspecified atom stereocenters. The summed E-state index contributed by atoms with van der Waals surface area (Å²) >= 11 is 0. The Hall–Kier alpha value is -2.62. The summed E-state index contributed by atoms with van der Waals surface area (Å²) in [6, 6.07) is 8.35. The van der Waals surface area contributed by atoms with Gasteiger partial charge in [-0.2, -0.15) is 0 Å². The molecular weight excluding hydrogens is 533 g/mol. The van der Waals surface area contributed by atoms with Crippen LogP contribution in [0.5, 0.6) is 11.5 Å². The van der Waals surface area contributed by atoms with E-state index in [4.69, 9.17) is 4.74 Å². The van der Waals surface area contributed by atoms with Crippen molar-refractivity contribution in [1.29, 1.82) is 0 Å². The standard InChI is InChI=1S/C14H8O4.C7H7O.Hg/c15-9-5-1-3-7-11(9)14(18)8-4-2-6-10(16)12(8)13(7)17;1-8-7-5-3-2-4-6-7;/h1-6,15-16H;3-6H,1H3;/q;;+1/p-1. The molecule has 0 spiro atoms. The summed E-state index contributed by atoms with van der Waals surface area (Å²) in [7, 11) is 1.65. The number of rotatable bonds is 1. The van der Waals surface area contributed by atoms with Crippen LogP contribution in [-0.2, 0) is 32.4 Å². The van der Waals surface area contributed by atoms with Gasteiger partial charge in [-0.1, -0.05) is 36.1 Å². The van der Waals surface area contributed by atoms with E-state index in [2.05, 4.69) is 5.73 Å². The normalized spacial score (nSPS) is 13.4. The molecular formula is C21H14HgO5. The minimum absolute atomic E-state index is 0. The Bertz CT molecular complexity index is 936. The van der Waals surface area contributed by atoms with Gasteiger partial charge in [0.25, 0.3) is 0 Å². The fourth-order valence-electron chi connectivity index (χ4n) is 2.70. The maximum absolute atomic E-state index is 12.2.